The Balaban J connectivity index is 1.53. The number of benzene rings is 1. The molecule has 0 saturated carbocycles. The van der Waals surface area contributed by atoms with Crippen LogP contribution < -0.4 is 10.9 Å². The zero-order valence-corrected chi connectivity index (χ0v) is 19.2. The van der Waals surface area contributed by atoms with Crippen molar-refractivity contribution < 1.29 is 18.0 Å². The van der Waals surface area contributed by atoms with E-state index in [4.69, 9.17) is 0 Å². The van der Waals surface area contributed by atoms with Gasteiger partial charge >= 0.3 is 0 Å². The van der Waals surface area contributed by atoms with E-state index in [2.05, 4.69) is 45.6 Å². The van der Waals surface area contributed by atoms with E-state index in [0.29, 0.717) is 24.5 Å². The Labute approximate surface area is 184 Å². The third kappa shape index (κ3) is 5.11. The molecule has 1 aromatic carbocycles. The molecule has 10 heteroatoms. The molecule has 30 heavy (non-hydrogen) atoms. The average Bonchev–Trinajstić information content (AvgIpc) is 3.18. The highest BCUT2D eigenvalue weighted by atomic mass is 79.9. The monoisotopic (exact) mass is 496 g/mol. The second kappa shape index (κ2) is 9.32. The van der Waals surface area contributed by atoms with Gasteiger partial charge in [0, 0.05) is 29.7 Å². The number of nitrogens with one attached hydrogen (secondary N) is 3. The number of H-pyrrole nitrogens is 1. The minimum Gasteiger partial charge on any atom is -0.356 e. The third-order valence-corrected chi connectivity index (χ3v) is 7.57. The number of halogens is 1. The maximum Gasteiger partial charge on any atom is 0.286 e. The summed E-state index contributed by atoms with van der Waals surface area (Å²) in [5, 5.41) is 0. The first-order valence-corrected chi connectivity index (χ1v) is 12.0. The highest BCUT2D eigenvalue weighted by Crippen LogP contribution is 2.25. The van der Waals surface area contributed by atoms with Crippen molar-refractivity contribution in [2.24, 2.45) is 5.92 Å². The van der Waals surface area contributed by atoms with Crippen molar-refractivity contribution >= 4 is 37.8 Å². The Morgan fingerprint density at radius 2 is 1.77 bits per heavy atom. The molecule has 8 nitrogen and oxygen atoms in total. The normalized spacial score (nSPS) is 15.9. The van der Waals surface area contributed by atoms with Crippen molar-refractivity contribution in [2.45, 2.75) is 37.5 Å². The molecule has 2 heterocycles. The highest BCUT2D eigenvalue weighted by molar-refractivity contribution is 9.10. The molecule has 0 unspecified atom stereocenters. The van der Waals surface area contributed by atoms with Crippen LogP contribution >= 0.6 is 15.9 Å². The maximum absolute atomic E-state index is 12.9. The van der Waals surface area contributed by atoms with E-state index >= 15 is 0 Å². The Kier molecular flexibility index (Phi) is 6.99. The number of piperidine rings is 1. The molecule has 0 atom stereocenters. The predicted octanol–water partition coefficient (Wildman–Crippen LogP) is 2.76. The molecule has 2 amide bonds. The van der Waals surface area contributed by atoms with E-state index in [1.54, 1.807) is 24.4 Å². The average molecular weight is 497 g/mol. The number of carbonyl (C=O) groups is 2. The molecule has 1 fully saturated rings. The summed E-state index contributed by atoms with van der Waals surface area (Å²) < 4.78 is 27.9. The minimum atomic E-state index is -3.59. The lowest BCUT2D eigenvalue weighted by Crippen LogP contribution is -2.48. The van der Waals surface area contributed by atoms with Crippen LogP contribution in [-0.4, -0.2) is 42.6 Å². The van der Waals surface area contributed by atoms with Crippen molar-refractivity contribution in [3.05, 3.63) is 52.3 Å². The van der Waals surface area contributed by atoms with Crippen LogP contribution in [-0.2, 0) is 14.8 Å². The first kappa shape index (κ1) is 22.5. The number of nitrogens with zero attached hydrogens (tertiary/aromatic N) is 1. The number of aromatic amines is 1. The Morgan fingerprint density at radius 1 is 1.13 bits per heavy atom. The number of carbonyl (C=O) groups excluding carboxylic acids is 2. The molecule has 1 aromatic heterocycles. The molecular formula is C20H25BrN4O4S. The Bertz CT molecular complexity index is 1010. The first-order chi connectivity index (χ1) is 14.2. The highest BCUT2D eigenvalue weighted by Gasteiger charge is 2.32. The lowest BCUT2D eigenvalue weighted by Gasteiger charge is -2.30. The van der Waals surface area contributed by atoms with Crippen LogP contribution in [0.1, 0.15) is 48.7 Å². The summed E-state index contributed by atoms with van der Waals surface area (Å²) in [4.78, 5) is 27.4. The lowest BCUT2D eigenvalue weighted by atomic mass is 9.98. The third-order valence-electron chi connectivity index (χ3n) is 5.20. The van der Waals surface area contributed by atoms with Crippen LogP contribution in [0.15, 0.2) is 45.9 Å². The molecule has 1 aliphatic rings. The van der Waals surface area contributed by atoms with Crippen molar-refractivity contribution in [2.75, 3.05) is 13.1 Å². The fourth-order valence-corrected chi connectivity index (χ4v) is 5.13. The topological polar surface area (TPSA) is 111 Å². The summed E-state index contributed by atoms with van der Waals surface area (Å²) in [5.74, 6) is -0.823. The molecule has 0 bridgehead atoms. The summed E-state index contributed by atoms with van der Waals surface area (Å²) in [6.07, 6.45) is 2.39. The fraction of sp³-hybridized carbons (Fsp3) is 0.400. The van der Waals surface area contributed by atoms with E-state index in [-0.39, 0.29) is 29.8 Å². The van der Waals surface area contributed by atoms with Gasteiger partial charge in [-0.1, -0.05) is 26.0 Å². The molecule has 3 rings (SSSR count). The zero-order chi connectivity index (χ0) is 21.9. The largest absolute Gasteiger partial charge is 0.356 e. The van der Waals surface area contributed by atoms with E-state index in [1.165, 1.54) is 4.31 Å². The van der Waals surface area contributed by atoms with Crippen molar-refractivity contribution in [3.8, 4) is 0 Å². The number of hydrazine groups is 1. The zero-order valence-electron chi connectivity index (χ0n) is 16.8. The molecule has 0 spiro atoms. The molecule has 1 saturated heterocycles. The van der Waals surface area contributed by atoms with Crippen LogP contribution in [0.4, 0.5) is 0 Å². The second-order valence-electron chi connectivity index (χ2n) is 7.58. The molecule has 3 N–H and O–H groups in total. The summed E-state index contributed by atoms with van der Waals surface area (Å²) in [5.41, 5.74) is 6.18. The van der Waals surface area contributed by atoms with Crippen LogP contribution in [0.2, 0.25) is 0 Å². The molecule has 162 valence electrons. The van der Waals surface area contributed by atoms with Crippen LogP contribution in [0.5, 0.6) is 0 Å². The number of amides is 2. The van der Waals surface area contributed by atoms with Gasteiger partial charge in [0.15, 0.2) is 0 Å². The Morgan fingerprint density at radius 3 is 2.30 bits per heavy atom. The van der Waals surface area contributed by atoms with E-state index in [9.17, 15) is 18.0 Å². The summed E-state index contributed by atoms with van der Waals surface area (Å²) in [6.45, 7) is 4.62. The molecular weight excluding hydrogens is 472 g/mol. The SMILES string of the molecule is CC(C)c1ccc(S(=O)(=O)N2CCC(C(=O)NNC(=O)c3cc(Br)c[nH]3)CC2)cc1. The number of hydrogen-bond donors (Lipinski definition) is 3. The number of aromatic nitrogens is 1. The van der Waals surface area contributed by atoms with Gasteiger partial charge < -0.3 is 4.98 Å². The van der Waals surface area contributed by atoms with E-state index < -0.39 is 15.9 Å². The van der Waals surface area contributed by atoms with Gasteiger partial charge in [0.1, 0.15) is 5.69 Å². The van der Waals surface area contributed by atoms with Gasteiger partial charge in [-0.25, -0.2) is 8.42 Å². The maximum atomic E-state index is 12.9. The quantitative estimate of drug-likeness (QED) is 0.552. The van der Waals surface area contributed by atoms with Gasteiger partial charge in [0.25, 0.3) is 5.91 Å². The molecule has 2 aromatic rings. The summed E-state index contributed by atoms with van der Waals surface area (Å²) in [7, 11) is -3.59. The molecule has 0 radical (unpaired) electrons. The first-order valence-electron chi connectivity index (χ1n) is 9.72. The van der Waals surface area contributed by atoms with E-state index in [1.807, 2.05) is 12.1 Å². The van der Waals surface area contributed by atoms with E-state index in [0.717, 1.165) is 10.0 Å². The number of rotatable bonds is 5. The lowest BCUT2D eigenvalue weighted by molar-refractivity contribution is -0.126. The minimum absolute atomic E-state index is 0.254. The predicted molar refractivity (Wildman–Crippen MR) is 116 cm³/mol. The van der Waals surface area contributed by atoms with Gasteiger partial charge in [-0.15, -0.1) is 0 Å². The summed E-state index contributed by atoms with van der Waals surface area (Å²) >= 11 is 3.24. The molecule has 0 aliphatic carbocycles. The van der Waals surface area contributed by atoms with Crippen molar-refractivity contribution in [1.29, 1.82) is 0 Å². The van der Waals surface area contributed by atoms with Gasteiger partial charge in [0.05, 0.1) is 4.90 Å². The number of hydrogen-bond acceptors (Lipinski definition) is 4. The molecule has 1 aliphatic heterocycles. The number of sulfonamides is 1. The second-order valence-corrected chi connectivity index (χ2v) is 10.4. The van der Waals surface area contributed by atoms with Crippen molar-refractivity contribution in [3.63, 3.8) is 0 Å². The van der Waals surface area contributed by atoms with Crippen LogP contribution in [0.3, 0.4) is 0 Å². The van der Waals surface area contributed by atoms with Crippen molar-refractivity contribution in [1.82, 2.24) is 20.1 Å². The summed E-state index contributed by atoms with van der Waals surface area (Å²) in [6, 6.07) is 8.54. The van der Waals surface area contributed by atoms with Gasteiger partial charge in [-0.3, -0.25) is 20.4 Å². The smallest absolute Gasteiger partial charge is 0.286 e. The van der Waals surface area contributed by atoms with Gasteiger partial charge in [0.2, 0.25) is 15.9 Å². The van der Waals surface area contributed by atoms with Gasteiger partial charge in [-0.2, -0.15) is 4.31 Å². The fourth-order valence-electron chi connectivity index (χ4n) is 3.32. The Hall–Kier alpha value is -2.17. The van der Waals surface area contributed by atoms with Crippen LogP contribution in [0, 0.1) is 5.92 Å². The standard InChI is InChI=1S/C20H25BrN4O4S/c1-13(2)14-3-5-17(6-4-14)30(28,29)25-9-7-15(8-10-25)19(26)23-24-20(27)18-11-16(21)12-22-18/h3-6,11-13,15,22H,7-10H2,1-2H3,(H,23,26)(H,24,27). The van der Waals surface area contributed by atoms with Crippen LogP contribution in [0.25, 0.3) is 0 Å². The van der Waals surface area contributed by atoms with Gasteiger partial charge in [-0.05, 0) is 58.5 Å².